The van der Waals surface area contributed by atoms with Gasteiger partial charge in [0, 0.05) is 17.1 Å². The van der Waals surface area contributed by atoms with Gasteiger partial charge in [0.1, 0.15) is 0 Å². The molecule has 0 aliphatic heterocycles. The third-order valence-electron chi connectivity index (χ3n) is 2.85. The van der Waals surface area contributed by atoms with Crippen molar-refractivity contribution in [3.63, 3.8) is 0 Å². The lowest BCUT2D eigenvalue weighted by Gasteiger charge is -2.52. The maximum Gasteiger partial charge on any atom is 0.0166 e. The van der Waals surface area contributed by atoms with Gasteiger partial charge < -0.3 is 0 Å². The molecule has 0 aromatic heterocycles. The van der Waals surface area contributed by atoms with E-state index in [-0.39, 0.29) is 11.1 Å². The number of hydrogen-bond donors (Lipinski definition) is 0. The quantitative estimate of drug-likeness (QED) is 0.675. The highest BCUT2D eigenvalue weighted by Crippen LogP contribution is 2.36. The summed E-state index contributed by atoms with van der Waals surface area (Å²) >= 11 is 0. The Morgan fingerprint density at radius 3 is 1.38 bits per heavy atom. The Hall–Kier alpha value is -0.0400. The molecule has 0 spiro atoms. The first-order valence-corrected chi connectivity index (χ1v) is 6.57. The van der Waals surface area contributed by atoms with E-state index in [9.17, 15) is 0 Å². The fourth-order valence-electron chi connectivity index (χ4n) is 3.76. The highest BCUT2D eigenvalue weighted by atomic mass is 15.3. The Morgan fingerprint density at radius 1 is 0.812 bits per heavy atom. The summed E-state index contributed by atoms with van der Waals surface area (Å²) in [5.41, 5.74) is 0.843. The van der Waals surface area contributed by atoms with Crippen LogP contribution >= 0.6 is 0 Å². The van der Waals surface area contributed by atoms with Crippen molar-refractivity contribution in [1.82, 2.24) is 4.90 Å². The van der Waals surface area contributed by atoms with E-state index < -0.39 is 0 Å². The molecule has 0 saturated carbocycles. The monoisotopic (exact) mass is 227 g/mol. The third kappa shape index (κ3) is 4.86. The van der Waals surface area contributed by atoms with Crippen LogP contribution in [-0.4, -0.2) is 22.0 Å². The van der Waals surface area contributed by atoms with Crippen molar-refractivity contribution >= 4 is 0 Å². The van der Waals surface area contributed by atoms with E-state index in [1.165, 1.54) is 6.42 Å². The summed E-state index contributed by atoms with van der Waals surface area (Å²) in [7, 11) is 0. The predicted molar refractivity (Wildman–Crippen MR) is 74.9 cm³/mol. The van der Waals surface area contributed by atoms with Gasteiger partial charge >= 0.3 is 0 Å². The molecule has 0 amide bonds. The van der Waals surface area contributed by atoms with Crippen LogP contribution in [0.15, 0.2) is 0 Å². The Kier molecular flexibility index (Phi) is 4.67. The topological polar surface area (TPSA) is 3.24 Å². The van der Waals surface area contributed by atoms with E-state index in [1.54, 1.807) is 0 Å². The summed E-state index contributed by atoms with van der Waals surface area (Å²) < 4.78 is 0. The smallest absolute Gasteiger partial charge is 0.0166 e. The molecule has 0 N–H and O–H groups in total. The molecular formula is C15H33N. The van der Waals surface area contributed by atoms with Crippen LogP contribution in [0.5, 0.6) is 0 Å². The number of rotatable bonds is 3. The van der Waals surface area contributed by atoms with E-state index >= 15 is 0 Å². The second kappa shape index (κ2) is 4.68. The van der Waals surface area contributed by atoms with Crippen LogP contribution in [0.4, 0.5) is 0 Å². The van der Waals surface area contributed by atoms with Crippen LogP contribution in [0.25, 0.3) is 0 Å². The molecule has 0 saturated heterocycles. The second-order valence-corrected chi connectivity index (χ2v) is 8.18. The summed E-state index contributed by atoms with van der Waals surface area (Å²) in [5.74, 6) is 0. The normalized spacial score (nSPS) is 15.0. The van der Waals surface area contributed by atoms with Crippen LogP contribution in [0, 0.1) is 5.41 Å². The van der Waals surface area contributed by atoms with Crippen molar-refractivity contribution < 1.29 is 0 Å². The standard InChI is InChI=1S/C15H33N/c1-12(2)16(14(6,7)8)15(9,10)11-13(3,4)5/h12H,11H2,1-10H3. The fraction of sp³-hybridized carbons (Fsp3) is 1.00. The minimum Gasteiger partial charge on any atom is -0.291 e. The Bertz CT molecular complexity index is 213. The zero-order valence-corrected chi connectivity index (χ0v) is 13.2. The summed E-state index contributed by atoms with van der Waals surface area (Å²) in [6.07, 6.45) is 1.22. The molecule has 0 fully saturated rings. The highest BCUT2D eigenvalue weighted by molar-refractivity contribution is 4.94. The average Bonchev–Trinajstić information content (AvgIpc) is 1.70. The van der Waals surface area contributed by atoms with Gasteiger partial charge in [0.05, 0.1) is 0 Å². The van der Waals surface area contributed by atoms with Crippen molar-refractivity contribution in [3.8, 4) is 0 Å². The van der Waals surface area contributed by atoms with Gasteiger partial charge in [0.15, 0.2) is 0 Å². The molecule has 0 heterocycles. The van der Waals surface area contributed by atoms with Crippen molar-refractivity contribution in [2.24, 2.45) is 5.41 Å². The van der Waals surface area contributed by atoms with Crippen LogP contribution in [0.1, 0.15) is 75.7 Å². The molecular weight excluding hydrogens is 194 g/mol. The van der Waals surface area contributed by atoms with Crippen molar-refractivity contribution in [3.05, 3.63) is 0 Å². The molecule has 1 heteroatoms. The van der Waals surface area contributed by atoms with Gasteiger partial charge in [0.2, 0.25) is 0 Å². The van der Waals surface area contributed by atoms with E-state index in [0.717, 1.165) is 0 Å². The Balaban J connectivity index is 5.06. The molecule has 0 atom stereocenters. The van der Waals surface area contributed by atoms with Crippen molar-refractivity contribution in [2.45, 2.75) is 92.8 Å². The second-order valence-electron chi connectivity index (χ2n) is 8.18. The third-order valence-corrected chi connectivity index (χ3v) is 2.85. The zero-order chi connectivity index (χ0) is 13.4. The first-order chi connectivity index (χ1) is 6.77. The predicted octanol–water partition coefficient (Wildman–Crippen LogP) is 4.71. The minimum atomic E-state index is 0.225. The molecule has 16 heavy (non-hydrogen) atoms. The maximum atomic E-state index is 2.64. The van der Waals surface area contributed by atoms with E-state index in [1.807, 2.05) is 0 Å². The Morgan fingerprint density at radius 2 is 1.19 bits per heavy atom. The lowest BCUT2D eigenvalue weighted by atomic mass is 9.78. The van der Waals surface area contributed by atoms with Gasteiger partial charge in [-0.25, -0.2) is 0 Å². The van der Waals surface area contributed by atoms with Gasteiger partial charge in [-0.2, -0.15) is 0 Å². The van der Waals surface area contributed by atoms with Crippen molar-refractivity contribution in [2.75, 3.05) is 0 Å². The molecule has 1 nitrogen and oxygen atoms in total. The average molecular weight is 227 g/mol. The molecule has 98 valence electrons. The molecule has 0 bridgehead atoms. The van der Waals surface area contributed by atoms with Gasteiger partial charge in [-0.3, -0.25) is 4.90 Å². The largest absolute Gasteiger partial charge is 0.291 e. The SMILES string of the molecule is CC(C)N(C(C)(C)C)C(C)(C)CC(C)(C)C. The number of nitrogens with zero attached hydrogens (tertiary/aromatic N) is 1. The zero-order valence-electron chi connectivity index (χ0n) is 13.2. The molecule has 0 aliphatic rings. The first kappa shape index (κ1) is 16.0. The molecule has 0 rings (SSSR count). The number of hydrogen-bond acceptors (Lipinski definition) is 1. The molecule has 0 unspecified atom stereocenters. The summed E-state index contributed by atoms with van der Waals surface area (Å²) in [6.45, 7) is 23.3. The van der Waals surface area contributed by atoms with Crippen molar-refractivity contribution in [1.29, 1.82) is 0 Å². The summed E-state index contributed by atoms with van der Waals surface area (Å²) in [5, 5.41) is 0. The van der Waals surface area contributed by atoms with E-state index in [2.05, 4.69) is 74.1 Å². The van der Waals surface area contributed by atoms with Crippen LogP contribution in [-0.2, 0) is 0 Å². The lowest BCUT2D eigenvalue weighted by molar-refractivity contribution is -0.0234. The van der Waals surface area contributed by atoms with Gasteiger partial charge in [-0.1, -0.05) is 20.8 Å². The summed E-state index contributed by atoms with van der Waals surface area (Å²) in [6, 6.07) is 0.581. The van der Waals surface area contributed by atoms with E-state index in [0.29, 0.717) is 11.5 Å². The highest BCUT2D eigenvalue weighted by Gasteiger charge is 2.38. The molecule has 0 radical (unpaired) electrons. The van der Waals surface area contributed by atoms with Crippen LogP contribution < -0.4 is 0 Å². The Labute approximate surface area is 104 Å². The minimum absolute atomic E-state index is 0.225. The fourth-order valence-corrected chi connectivity index (χ4v) is 3.76. The molecule has 0 aromatic rings. The molecule has 0 aromatic carbocycles. The van der Waals surface area contributed by atoms with Crippen LogP contribution in [0.3, 0.4) is 0 Å². The van der Waals surface area contributed by atoms with Crippen LogP contribution in [0.2, 0.25) is 0 Å². The maximum absolute atomic E-state index is 2.64. The van der Waals surface area contributed by atoms with Gasteiger partial charge in [-0.15, -0.1) is 0 Å². The van der Waals surface area contributed by atoms with Gasteiger partial charge in [-0.05, 0) is 60.3 Å². The van der Waals surface area contributed by atoms with E-state index in [4.69, 9.17) is 0 Å². The van der Waals surface area contributed by atoms with Gasteiger partial charge in [0.25, 0.3) is 0 Å². The first-order valence-electron chi connectivity index (χ1n) is 6.57. The summed E-state index contributed by atoms with van der Waals surface area (Å²) in [4.78, 5) is 2.64. The lowest BCUT2D eigenvalue weighted by Crippen LogP contribution is -2.58. The molecule has 0 aliphatic carbocycles.